The van der Waals surface area contributed by atoms with Crippen molar-refractivity contribution in [1.82, 2.24) is 0 Å². The summed E-state index contributed by atoms with van der Waals surface area (Å²) in [5.74, 6) is -0.0881. The summed E-state index contributed by atoms with van der Waals surface area (Å²) in [5.41, 5.74) is 2.05. The Balaban J connectivity index is 2.00. The van der Waals surface area contributed by atoms with Crippen molar-refractivity contribution in [3.8, 4) is 0 Å². The largest absolute Gasteiger partial charge is 0.310 e. The number of para-hydroxylation sites is 1. The predicted molar refractivity (Wildman–Crippen MR) is 102 cm³/mol. The summed E-state index contributed by atoms with van der Waals surface area (Å²) in [5, 5.41) is 0.268. The van der Waals surface area contributed by atoms with Gasteiger partial charge >= 0.3 is 0 Å². The van der Waals surface area contributed by atoms with E-state index in [9.17, 15) is 13.2 Å². The van der Waals surface area contributed by atoms with E-state index in [-0.39, 0.29) is 16.1 Å². The van der Waals surface area contributed by atoms with E-state index in [2.05, 4.69) is 4.72 Å². The fourth-order valence-corrected chi connectivity index (χ4v) is 5.02. The highest BCUT2D eigenvalue weighted by atomic mass is 32.2. The van der Waals surface area contributed by atoms with E-state index < -0.39 is 10.0 Å². The first-order chi connectivity index (χ1) is 11.8. The Morgan fingerprint density at radius 2 is 1.96 bits per heavy atom. The molecule has 3 rings (SSSR count). The minimum Gasteiger partial charge on any atom is -0.310 e. The number of thioether (sulfide) groups is 1. The normalized spacial score (nSPS) is 17.1. The van der Waals surface area contributed by atoms with Gasteiger partial charge in [0.1, 0.15) is 0 Å². The molecule has 1 unspecified atom stereocenters. The summed E-state index contributed by atoms with van der Waals surface area (Å²) in [6.07, 6.45) is 0. The van der Waals surface area contributed by atoms with E-state index in [0.29, 0.717) is 17.9 Å². The first-order valence-electron chi connectivity index (χ1n) is 7.95. The molecule has 1 aliphatic rings. The van der Waals surface area contributed by atoms with Gasteiger partial charge in [0, 0.05) is 23.6 Å². The van der Waals surface area contributed by atoms with Crippen LogP contribution in [0.2, 0.25) is 0 Å². The van der Waals surface area contributed by atoms with E-state index in [1.807, 2.05) is 26.0 Å². The Morgan fingerprint density at radius 3 is 2.64 bits per heavy atom. The molecule has 25 heavy (non-hydrogen) atoms. The summed E-state index contributed by atoms with van der Waals surface area (Å²) in [6, 6.07) is 12.2. The highest BCUT2D eigenvalue weighted by Gasteiger charge is 2.27. The van der Waals surface area contributed by atoms with Crippen molar-refractivity contribution in [1.29, 1.82) is 0 Å². The fourth-order valence-electron chi connectivity index (χ4n) is 2.77. The number of carbonyl (C=O) groups is 1. The lowest BCUT2D eigenvalue weighted by Crippen LogP contribution is -2.37. The molecule has 0 bridgehead atoms. The van der Waals surface area contributed by atoms with Crippen molar-refractivity contribution >= 4 is 39.1 Å². The van der Waals surface area contributed by atoms with Gasteiger partial charge in [0.2, 0.25) is 5.91 Å². The number of rotatable bonds is 3. The Morgan fingerprint density at radius 1 is 1.24 bits per heavy atom. The molecule has 0 aromatic heterocycles. The molecule has 1 aliphatic heterocycles. The highest BCUT2D eigenvalue weighted by molar-refractivity contribution is 8.00. The van der Waals surface area contributed by atoms with Crippen LogP contribution in [0.1, 0.15) is 19.4 Å². The molecule has 5 nitrogen and oxygen atoms in total. The molecule has 0 spiro atoms. The van der Waals surface area contributed by atoms with Crippen LogP contribution in [0.15, 0.2) is 52.3 Å². The molecule has 1 heterocycles. The first-order valence-corrected chi connectivity index (χ1v) is 10.3. The van der Waals surface area contributed by atoms with Crippen molar-refractivity contribution in [3.63, 3.8) is 0 Å². The summed E-state index contributed by atoms with van der Waals surface area (Å²) in [6.45, 7) is 5.97. The van der Waals surface area contributed by atoms with Crippen LogP contribution in [0.25, 0.3) is 0 Å². The van der Waals surface area contributed by atoms with Crippen molar-refractivity contribution in [2.24, 2.45) is 0 Å². The van der Waals surface area contributed by atoms with Crippen molar-refractivity contribution < 1.29 is 13.2 Å². The molecular formula is C18H20N2O3S2. The van der Waals surface area contributed by atoms with Crippen LogP contribution < -0.4 is 9.62 Å². The van der Waals surface area contributed by atoms with Crippen molar-refractivity contribution in [2.45, 2.75) is 35.8 Å². The third-order valence-corrected chi connectivity index (χ3v) is 6.58. The standard InChI is InChI=1S/C18H20N2O3S2/c1-12-6-4-5-7-16(12)19-25(22,23)15-8-9-18-17(10-15)20(14(3)21)11-13(2)24-18/h4-10,13,19H,11H2,1-3H3. The highest BCUT2D eigenvalue weighted by Crippen LogP contribution is 2.39. The average Bonchev–Trinajstić information content (AvgIpc) is 2.55. The Labute approximate surface area is 152 Å². The Hall–Kier alpha value is -1.99. The molecule has 0 saturated heterocycles. The Kier molecular flexibility index (Phi) is 4.79. The number of hydrogen-bond acceptors (Lipinski definition) is 4. The predicted octanol–water partition coefficient (Wildman–Crippen LogP) is 3.64. The molecule has 0 fully saturated rings. The smallest absolute Gasteiger partial charge is 0.261 e. The van der Waals surface area contributed by atoms with Gasteiger partial charge in [0.05, 0.1) is 16.3 Å². The van der Waals surface area contributed by atoms with Gasteiger partial charge in [-0.3, -0.25) is 9.52 Å². The zero-order valence-corrected chi connectivity index (χ0v) is 15.9. The van der Waals surface area contributed by atoms with Crippen LogP contribution in [0, 0.1) is 6.92 Å². The number of amides is 1. The van der Waals surface area contributed by atoms with Crippen LogP contribution in [0.4, 0.5) is 11.4 Å². The molecule has 0 radical (unpaired) electrons. The van der Waals surface area contributed by atoms with Gasteiger partial charge in [0.25, 0.3) is 10.0 Å². The second kappa shape index (κ2) is 6.72. The fraction of sp³-hybridized carbons (Fsp3) is 0.278. The molecule has 1 atom stereocenters. The molecule has 0 saturated carbocycles. The number of nitrogens with zero attached hydrogens (tertiary/aromatic N) is 1. The number of fused-ring (bicyclic) bond motifs is 1. The molecule has 1 amide bonds. The molecule has 2 aromatic carbocycles. The van der Waals surface area contributed by atoms with Crippen molar-refractivity contribution in [3.05, 3.63) is 48.0 Å². The number of sulfonamides is 1. The first kappa shape index (κ1) is 17.8. The monoisotopic (exact) mass is 376 g/mol. The van der Waals surface area contributed by atoms with Crippen LogP contribution in [-0.2, 0) is 14.8 Å². The van der Waals surface area contributed by atoms with Gasteiger partial charge in [-0.1, -0.05) is 25.1 Å². The van der Waals surface area contributed by atoms with Gasteiger partial charge in [0.15, 0.2) is 0 Å². The molecule has 2 aromatic rings. The molecule has 1 N–H and O–H groups in total. The molecule has 132 valence electrons. The maximum atomic E-state index is 12.8. The maximum absolute atomic E-state index is 12.8. The van der Waals surface area contributed by atoms with E-state index in [1.165, 1.54) is 6.92 Å². The van der Waals surface area contributed by atoms with E-state index in [1.54, 1.807) is 47.0 Å². The number of aryl methyl sites for hydroxylation is 1. The van der Waals surface area contributed by atoms with E-state index in [4.69, 9.17) is 0 Å². The van der Waals surface area contributed by atoms with Crippen LogP contribution in [-0.4, -0.2) is 26.1 Å². The van der Waals surface area contributed by atoms with E-state index >= 15 is 0 Å². The van der Waals surface area contributed by atoms with Crippen molar-refractivity contribution in [2.75, 3.05) is 16.2 Å². The summed E-state index contributed by atoms with van der Waals surface area (Å²) in [4.78, 5) is 14.7. The minimum absolute atomic E-state index is 0.0881. The molecule has 7 heteroatoms. The third kappa shape index (κ3) is 3.67. The summed E-state index contributed by atoms with van der Waals surface area (Å²) >= 11 is 1.65. The quantitative estimate of drug-likeness (QED) is 0.888. The number of benzene rings is 2. The van der Waals surface area contributed by atoms with Gasteiger partial charge in [-0.05, 0) is 36.8 Å². The van der Waals surface area contributed by atoms with Gasteiger partial charge < -0.3 is 4.90 Å². The molecular weight excluding hydrogens is 356 g/mol. The van der Waals surface area contributed by atoms with Gasteiger partial charge in [-0.25, -0.2) is 8.42 Å². The Bertz CT molecular complexity index is 926. The minimum atomic E-state index is -3.73. The average molecular weight is 377 g/mol. The number of nitrogens with one attached hydrogen (secondary N) is 1. The number of hydrogen-bond donors (Lipinski definition) is 1. The molecule has 0 aliphatic carbocycles. The van der Waals surface area contributed by atoms with Crippen LogP contribution in [0.5, 0.6) is 0 Å². The topological polar surface area (TPSA) is 66.5 Å². The van der Waals surface area contributed by atoms with E-state index in [0.717, 1.165) is 10.5 Å². The SMILES string of the molecule is CC(=O)N1CC(C)Sc2ccc(S(=O)(=O)Nc3ccccc3C)cc21. The number of anilines is 2. The number of carbonyl (C=O) groups excluding carboxylic acids is 1. The van der Waals surface area contributed by atoms with Crippen LogP contribution in [0.3, 0.4) is 0 Å². The lowest BCUT2D eigenvalue weighted by molar-refractivity contribution is -0.116. The second-order valence-electron chi connectivity index (χ2n) is 6.11. The lowest BCUT2D eigenvalue weighted by Gasteiger charge is -2.32. The maximum Gasteiger partial charge on any atom is 0.261 e. The summed E-state index contributed by atoms with van der Waals surface area (Å²) < 4.78 is 28.1. The lowest BCUT2D eigenvalue weighted by atomic mass is 10.2. The zero-order chi connectivity index (χ0) is 18.2. The summed E-state index contributed by atoms with van der Waals surface area (Å²) in [7, 11) is -3.73. The zero-order valence-electron chi connectivity index (χ0n) is 14.3. The van der Waals surface area contributed by atoms with Crippen LogP contribution >= 0.6 is 11.8 Å². The van der Waals surface area contributed by atoms with Gasteiger partial charge in [-0.15, -0.1) is 11.8 Å². The van der Waals surface area contributed by atoms with Gasteiger partial charge in [-0.2, -0.15) is 0 Å². The second-order valence-corrected chi connectivity index (χ2v) is 9.27. The third-order valence-electron chi connectivity index (χ3n) is 4.07.